The number of rotatable bonds is 2. The molecule has 2 aromatic rings. The Hall–Kier alpha value is -1.99. The van der Waals surface area contributed by atoms with Crippen LogP contribution in [0.2, 0.25) is 0 Å². The fourth-order valence-corrected chi connectivity index (χ4v) is 4.37. The topological polar surface area (TPSA) is 41.1 Å². The first kappa shape index (κ1) is 16.9. The molecular weight excluding hydrogens is 314 g/mol. The highest BCUT2D eigenvalue weighted by atomic mass is 32.2. The minimum Gasteiger partial charge on any atom is -0.335 e. The van der Waals surface area contributed by atoms with Crippen LogP contribution in [0, 0.1) is 11.3 Å². The molecule has 0 N–H and O–H groups in total. The molecule has 0 atom stereocenters. The van der Waals surface area contributed by atoms with Gasteiger partial charge in [0.25, 0.3) is 0 Å². The number of aliphatic imine (C=N–C) groups is 1. The zero-order chi connectivity index (χ0) is 17.5. The second kappa shape index (κ2) is 6.14. The second-order valence-corrected chi connectivity index (χ2v) is 8.89. The van der Waals surface area contributed by atoms with Crippen LogP contribution in [-0.2, 0) is 12.5 Å². The molecule has 0 bridgehead atoms. The Morgan fingerprint density at radius 2 is 2.00 bits per heavy atom. The van der Waals surface area contributed by atoms with E-state index in [-0.39, 0.29) is 5.41 Å². The van der Waals surface area contributed by atoms with Gasteiger partial charge >= 0.3 is 0 Å². The van der Waals surface area contributed by atoms with Crippen molar-refractivity contribution in [3.05, 3.63) is 41.6 Å². The van der Waals surface area contributed by atoms with Crippen molar-refractivity contribution >= 4 is 22.5 Å². The van der Waals surface area contributed by atoms with Crippen molar-refractivity contribution in [2.24, 2.45) is 12.0 Å². The quantitative estimate of drug-likeness (QED) is 0.734. The van der Waals surface area contributed by atoms with Gasteiger partial charge in [0.1, 0.15) is 11.8 Å². The summed E-state index contributed by atoms with van der Waals surface area (Å²) in [6, 6.07) is 12.6. The highest BCUT2D eigenvalue weighted by molar-refractivity contribution is 8.14. The van der Waals surface area contributed by atoms with Crippen LogP contribution in [0.4, 0.5) is 5.69 Å². The van der Waals surface area contributed by atoms with E-state index in [9.17, 15) is 0 Å². The number of nitrogens with zero attached hydrogens (tertiary/aromatic N) is 3. The molecule has 4 heteroatoms. The summed E-state index contributed by atoms with van der Waals surface area (Å²) in [6.45, 7) is 9.00. The summed E-state index contributed by atoms with van der Waals surface area (Å²) in [4.78, 5) is 4.88. The zero-order valence-corrected chi connectivity index (χ0v) is 15.7. The summed E-state index contributed by atoms with van der Waals surface area (Å²) < 4.78 is 1.95. The molecule has 0 unspecified atom stereocenters. The molecular formula is C20H23N3S. The largest absolute Gasteiger partial charge is 0.335 e. The predicted octanol–water partition coefficient (Wildman–Crippen LogP) is 5.42. The Morgan fingerprint density at radius 3 is 2.62 bits per heavy atom. The lowest BCUT2D eigenvalue weighted by Crippen LogP contribution is -2.24. The van der Waals surface area contributed by atoms with E-state index in [1.807, 2.05) is 35.5 Å². The Balaban J connectivity index is 2.07. The summed E-state index contributed by atoms with van der Waals surface area (Å²) in [7, 11) is 1.94. The predicted molar refractivity (Wildman–Crippen MR) is 103 cm³/mol. The second-order valence-electron chi connectivity index (χ2n) is 7.24. The number of benzene rings is 1. The van der Waals surface area contributed by atoms with E-state index in [1.54, 1.807) is 0 Å². The van der Waals surface area contributed by atoms with E-state index in [4.69, 9.17) is 10.3 Å². The summed E-state index contributed by atoms with van der Waals surface area (Å²) >= 11 is 1.86. The monoisotopic (exact) mass is 337 g/mol. The van der Waals surface area contributed by atoms with Crippen LogP contribution >= 0.6 is 11.8 Å². The van der Waals surface area contributed by atoms with E-state index in [1.165, 1.54) is 10.6 Å². The Bertz CT molecular complexity index is 850. The highest BCUT2D eigenvalue weighted by Gasteiger charge is 2.30. The van der Waals surface area contributed by atoms with Crippen LogP contribution in [0.15, 0.2) is 35.3 Å². The van der Waals surface area contributed by atoms with Gasteiger partial charge in [-0.25, -0.2) is 4.99 Å². The molecule has 0 amide bonds. The smallest absolute Gasteiger partial charge is 0.120 e. The Kier molecular flexibility index (Phi) is 4.31. The maximum Gasteiger partial charge on any atom is 0.120 e. The molecule has 1 aromatic carbocycles. The highest BCUT2D eigenvalue weighted by Crippen LogP contribution is 2.43. The molecule has 0 aliphatic carbocycles. The van der Waals surface area contributed by atoms with E-state index < -0.39 is 0 Å². The van der Waals surface area contributed by atoms with Crippen molar-refractivity contribution in [1.82, 2.24) is 4.57 Å². The van der Waals surface area contributed by atoms with Crippen molar-refractivity contribution < 1.29 is 0 Å². The maximum atomic E-state index is 9.16. The standard InChI is InChI=1S/C20H23N3S/c1-13(2)24-19-11-20(3,4)16-10-14(6-8-17(16)22-19)18-9-7-15(12-21)23(18)5/h6-10,13H,11H2,1-5H3. The normalized spacial score (nSPS) is 15.8. The molecule has 1 aliphatic rings. The molecule has 0 saturated carbocycles. The molecule has 24 heavy (non-hydrogen) atoms. The van der Waals surface area contributed by atoms with E-state index in [2.05, 4.69) is 52.0 Å². The molecule has 0 spiro atoms. The Labute approximate surface area is 148 Å². The first-order valence-electron chi connectivity index (χ1n) is 8.27. The zero-order valence-electron chi connectivity index (χ0n) is 14.9. The number of hydrogen-bond acceptors (Lipinski definition) is 3. The maximum absolute atomic E-state index is 9.16. The van der Waals surface area contributed by atoms with Crippen molar-refractivity contribution in [3.8, 4) is 17.3 Å². The molecule has 0 fully saturated rings. The van der Waals surface area contributed by atoms with Gasteiger partial charge in [0, 0.05) is 24.4 Å². The van der Waals surface area contributed by atoms with Crippen LogP contribution < -0.4 is 0 Å². The molecule has 2 heterocycles. The summed E-state index contributed by atoms with van der Waals surface area (Å²) in [5, 5.41) is 10.9. The molecule has 3 rings (SSSR count). The first-order chi connectivity index (χ1) is 11.3. The van der Waals surface area contributed by atoms with Crippen LogP contribution in [0.1, 0.15) is 45.4 Å². The van der Waals surface area contributed by atoms with Gasteiger partial charge in [0.05, 0.1) is 10.7 Å². The van der Waals surface area contributed by atoms with Crippen LogP contribution in [0.5, 0.6) is 0 Å². The fraction of sp³-hybridized carbons (Fsp3) is 0.400. The van der Waals surface area contributed by atoms with Gasteiger partial charge in [-0.3, -0.25) is 0 Å². The third-order valence-corrected chi connectivity index (χ3v) is 5.45. The van der Waals surface area contributed by atoms with Crippen molar-refractivity contribution in [3.63, 3.8) is 0 Å². The minimum absolute atomic E-state index is 0.0630. The Morgan fingerprint density at radius 1 is 1.25 bits per heavy atom. The van der Waals surface area contributed by atoms with Crippen molar-refractivity contribution in [1.29, 1.82) is 5.26 Å². The number of thioether (sulfide) groups is 1. The SMILES string of the molecule is CC(C)SC1=Nc2ccc(-c3ccc(C#N)n3C)cc2C(C)(C)C1. The molecule has 3 nitrogen and oxygen atoms in total. The fourth-order valence-electron chi connectivity index (χ4n) is 3.24. The molecule has 0 radical (unpaired) electrons. The third kappa shape index (κ3) is 3.01. The summed E-state index contributed by atoms with van der Waals surface area (Å²) in [6.07, 6.45) is 0.975. The molecule has 0 saturated heterocycles. The average molecular weight is 337 g/mol. The van der Waals surface area contributed by atoms with E-state index in [0.717, 1.165) is 23.4 Å². The summed E-state index contributed by atoms with van der Waals surface area (Å²) in [5.41, 5.74) is 5.31. The van der Waals surface area contributed by atoms with E-state index in [0.29, 0.717) is 10.9 Å². The van der Waals surface area contributed by atoms with Crippen molar-refractivity contribution in [2.45, 2.75) is 44.8 Å². The average Bonchev–Trinajstić information content (AvgIpc) is 2.86. The lowest BCUT2D eigenvalue weighted by atomic mass is 9.78. The third-order valence-electron chi connectivity index (χ3n) is 4.47. The van der Waals surface area contributed by atoms with Crippen LogP contribution in [0.3, 0.4) is 0 Å². The number of nitriles is 1. The van der Waals surface area contributed by atoms with Crippen LogP contribution in [0.25, 0.3) is 11.3 Å². The lowest BCUT2D eigenvalue weighted by Gasteiger charge is -2.32. The first-order valence-corrected chi connectivity index (χ1v) is 9.15. The van der Waals surface area contributed by atoms with Gasteiger partial charge in [0.15, 0.2) is 0 Å². The van der Waals surface area contributed by atoms with Gasteiger partial charge in [-0.1, -0.05) is 33.8 Å². The number of aromatic nitrogens is 1. The van der Waals surface area contributed by atoms with Gasteiger partial charge in [-0.2, -0.15) is 5.26 Å². The lowest BCUT2D eigenvalue weighted by molar-refractivity contribution is 0.547. The molecule has 1 aromatic heterocycles. The molecule has 124 valence electrons. The van der Waals surface area contributed by atoms with Crippen LogP contribution in [-0.4, -0.2) is 14.9 Å². The van der Waals surface area contributed by atoms with Gasteiger partial charge in [-0.05, 0) is 40.8 Å². The van der Waals surface area contributed by atoms with Gasteiger partial charge in [-0.15, -0.1) is 11.8 Å². The van der Waals surface area contributed by atoms with Gasteiger partial charge in [0.2, 0.25) is 0 Å². The number of fused-ring (bicyclic) bond motifs is 1. The summed E-state index contributed by atoms with van der Waals surface area (Å²) in [5.74, 6) is 0. The van der Waals surface area contributed by atoms with Crippen molar-refractivity contribution in [2.75, 3.05) is 0 Å². The minimum atomic E-state index is 0.0630. The van der Waals surface area contributed by atoms with E-state index >= 15 is 0 Å². The molecule has 1 aliphatic heterocycles. The van der Waals surface area contributed by atoms with Gasteiger partial charge < -0.3 is 4.57 Å². The number of hydrogen-bond donors (Lipinski definition) is 0.